The molecule has 0 aliphatic rings. The highest BCUT2D eigenvalue weighted by atomic mass is 127. The van der Waals surface area contributed by atoms with E-state index in [2.05, 4.69) is 55.7 Å². The maximum atomic E-state index is 12.2. The third-order valence-corrected chi connectivity index (χ3v) is 5.74. The number of carbonyl (C=O) groups excluding carboxylic acids is 1. The molecule has 0 heterocycles. The van der Waals surface area contributed by atoms with Gasteiger partial charge in [-0.1, -0.05) is 12.1 Å². The summed E-state index contributed by atoms with van der Waals surface area (Å²) in [7, 11) is 0. The molecule has 3 rings (SSSR count). The number of anilines is 1. The largest absolute Gasteiger partial charge is 0.487 e. The first-order chi connectivity index (χ1) is 14.8. The number of hydrazone groups is 1. The van der Waals surface area contributed by atoms with E-state index in [4.69, 9.17) is 10.5 Å². The summed E-state index contributed by atoms with van der Waals surface area (Å²) in [6.07, 6.45) is 1.54. The van der Waals surface area contributed by atoms with E-state index in [1.807, 2.05) is 12.1 Å². The van der Waals surface area contributed by atoms with Gasteiger partial charge in [0.25, 0.3) is 11.6 Å². The minimum Gasteiger partial charge on any atom is -0.487 e. The van der Waals surface area contributed by atoms with Crippen molar-refractivity contribution in [2.45, 2.75) is 6.61 Å². The Hall–Kier alpha value is -2.74. The van der Waals surface area contributed by atoms with Crippen LogP contribution in [-0.2, 0) is 6.61 Å². The van der Waals surface area contributed by atoms with Gasteiger partial charge in [0.2, 0.25) is 0 Å². The highest BCUT2D eigenvalue weighted by Crippen LogP contribution is 2.29. The molecule has 3 N–H and O–H groups in total. The van der Waals surface area contributed by atoms with E-state index in [0.717, 1.165) is 18.3 Å². The van der Waals surface area contributed by atoms with Gasteiger partial charge >= 0.3 is 0 Å². The van der Waals surface area contributed by atoms with Gasteiger partial charge in [0.15, 0.2) is 0 Å². The first kappa shape index (κ1) is 22.9. The Morgan fingerprint density at radius 2 is 1.77 bits per heavy atom. The fraction of sp³-hybridized carbons (Fsp3) is 0.0476. The summed E-state index contributed by atoms with van der Waals surface area (Å²) in [4.78, 5) is 22.5. The van der Waals surface area contributed by atoms with Crippen molar-refractivity contribution >= 4 is 68.7 Å². The van der Waals surface area contributed by atoms with Gasteiger partial charge in [-0.2, -0.15) is 5.10 Å². The van der Waals surface area contributed by atoms with Gasteiger partial charge in [-0.15, -0.1) is 0 Å². The number of ether oxygens (including phenoxy) is 1. The molecule has 1 amide bonds. The van der Waals surface area contributed by atoms with E-state index >= 15 is 0 Å². The Morgan fingerprint density at radius 3 is 2.39 bits per heavy atom. The molecule has 0 spiro atoms. The van der Waals surface area contributed by atoms with Gasteiger partial charge in [-0.05, 0) is 92.7 Å². The summed E-state index contributed by atoms with van der Waals surface area (Å²) in [5.41, 5.74) is 10.7. The van der Waals surface area contributed by atoms with Crippen molar-refractivity contribution in [2.24, 2.45) is 5.10 Å². The Morgan fingerprint density at radius 1 is 1.13 bits per heavy atom. The van der Waals surface area contributed by atoms with E-state index in [-0.39, 0.29) is 18.2 Å². The van der Waals surface area contributed by atoms with Gasteiger partial charge in [0.1, 0.15) is 12.4 Å². The Labute approximate surface area is 205 Å². The molecule has 0 aliphatic carbocycles. The van der Waals surface area contributed by atoms with E-state index in [9.17, 15) is 14.9 Å². The lowest BCUT2D eigenvalue weighted by Gasteiger charge is -2.11. The van der Waals surface area contributed by atoms with Crippen LogP contribution in [0.5, 0.6) is 5.75 Å². The Bertz CT molecular complexity index is 1130. The van der Waals surface area contributed by atoms with Crippen molar-refractivity contribution in [1.29, 1.82) is 0 Å². The second-order valence-electron chi connectivity index (χ2n) is 6.31. The number of para-hydroxylation sites is 1. The van der Waals surface area contributed by atoms with Crippen molar-refractivity contribution in [1.82, 2.24) is 5.43 Å². The number of hydrogen-bond donors (Lipinski definition) is 2. The molecule has 0 radical (unpaired) electrons. The fourth-order valence-electron chi connectivity index (χ4n) is 2.59. The number of hydrogen-bond acceptors (Lipinski definition) is 6. The minimum atomic E-state index is -0.436. The van der Waals surface area contributed by atoms with Crippen LogP contribution in [-0.4, -0.2) is 17.0 Å². The van der Waals surface area contributed by atoms with Crippen molar-refractivity contribution in [2.75, 3.05) is 5.73 Å². The van der Waals surface area contributed by atoms with E-state index < -0.39 is 4.92 Å². The third kappa shape index (κ3) is 6.13. The van der Waals surface area contributed by atoms with Crippen LogP contribution in [0.3, 0.4) is 0 Å². The molecule has 0 saturated carbocycles. The maximum absolute atomic E-state index is 12.2. The molecule has 0 aromatic heterocycles. The zero-order valence-corrected chi connectivity index (χ0v) is 20.2. The highest BCUT2D eigenvalue weighted by Gasteiger charge is 2.11. The monoisotopic (exact) mass is 642 g/mol. The average molecular weight is 642 g/mol. The van der Waals surface area contributed by atoms with Gasteiger partial charge in [-0.25, -0.2) is 5.43 Å². The summed E-state index contributed by atoms with van der Waals surface area (Å²) >= 11 is 4.32. The quantitative estimate of drug-likeness (QED) is 0.127. The molecule has 0 unspecified atom stereocenters. The summed E-state index contributed by atoms with van der Waals surface area (Å²) in [6, 6.07) is 16.8. The number of amides is 1. The van der Waals surface area contributed by atoms with Gasteiger partial charge in [0.05, 0.1) is 23.8 Å². The van der Waals surface area contributed by atoms with Crippen molar-refractivity contribution in [3.05, 3.63) is 94.6 Å². The lowest BCUT2D eigenvalue weighted by atomic mass is 10.2. The molecule has 0 saturated heterocycles. The van der Waals surface area contributed by atoms with Gasteiger partial charge < -0.3 is 10.5 Å². The second-order valence-corrected chi connectivity index (χ2v) is 8.64. The number of carbonyl (C=O) groups is 1. The molecule has 0 atom stereocenters. The highest BCUT2D eigenvalue weighted by molar-refractivity contribution is 14.1. The van der Waals surface area contributed by atoms with Crippen LogP contribution in [0.4, 0.5) is 11.4 Å². The molecule has 0 aliphatic heterocycles. The van der Waals surface area contributed by atoms with E-state index in [1.165, 1.54) is 12.1 Å². The Balaban J connectivity index is 1.64. The molecule has 0 bridgehead atoms. The summed E-state index contributed by atoms with van der Waals surface area (Å²) in [5.74, 6) is 0.319. The van der Waals surface area contributed by atoms with Crippen LogP contribution >= 0.6 is 45.2 Å². The number of nitrogens with one attached hydrogen (secondary N) is 1. The van der Waals surface area contributed by atoms with Crippen molar-refractivity contribution in [3.8, 4) is 5.75 Å². The standard InChI is InChI=1S/C21H16I2N4O4/c22-17-9-14(11-25-26-21(28)16-3-1-2-4-19(16)24)10-18(23)20(17)31-12-13-5-7-15(8-6-13)27(29)30/h1-11H,12,24H2,(H,26,28)/b25-11+. The number of nitro benzene ring substituents is 1. The van der Waals surface area contributed by atoms with Gasteiger partial charge in [0, 0.05) is 17.8 Å². The van der Waals surface area contributed by atoms with Crippen LogP contribution in [0.2, 0.25) is 0 Å². The first-order valence-corrected chi connectivity index (χ1v) is 11.0. The predicted octanol–water partition coefficient (Wildman–Crippen LogP) is 4.73. The number of non-ortho nitro benzene ring substituents is 1. The second kappa shape index (κ2) is 10.5. The molecule has 8 nitrogen and oxygen atoms in total. The molecule has 3 aromatic carbocycles. The molecule has 158 valence electrons. The van der Waals surface area contributed by atoms with Crippen LogP contribution in [0.15, 0.2) is 65.8 Å². The van der Waals surface area contributed by atoms with Crippen molar-refractivity contribution in [3.63, 3.8) is 0 Å². The zero-order chi connectivity index (χ0) is 22.4. The minimum absolute atomic E-state index is 0.0404. The number of nitrogens with zero attached hydrogens (tertiary/aromatic N) is 2. The zero-order valence-electron chi connectivity index (χ0n) is 15.9. The van der Waals surface area contributed by atoms with E-state index in [0.29, 0.717) is 17.0 Å². The molecule has 31 heavy (non-hydrogen) atoms. The summed E-state index contributed by atoms with van der Waals surface area (Å²) in [5, 5.41) is 14.7. The number of nitro groups is 1. The fourth-order valence-corrected chi connectivity index (χ4v) is 4.72. The van der Waals surface area contributed by atoms with Crippen LogP contribution < -0.4 is 15.9 Å². The lowest BCUT2D eigenvalue weighted by Crippen LogP contribution is -2.19. The maximum Gasteiger partial charge on any atom is 0.273 e. The number of benzene rings is 3. The third-order valence-electron chi connectivity index (χ3n) is 4.14. The number of nitrogen functional groups attached to an aromatic ring is 1. The predicted molar refractivity (Wildman–Crippen MR) is 135 cm³/mol. The molecule has 3 aromatic rings. The molecule has 10 heteroatoms. The first-order valence-electron chi connectivity index (χ1n) is 8.88. The van der Waals surface area contributed by atoms with Crippen LogP contribution in [0.1, 0.15) is 21.5 Å². The normalized spacial score (nSPS) is 10.8. The average Bonchev–Trinajstić information content (AvgIpc) is 2.73. The molecular weight excluding hydrogens is 626 g/mol. The summed E-state index contributed by atoms with van der Waals surface area (Å²) in [6.45, 7) is 0.284. The number of rotatable bonds is 7. The Kier molecular flexibility index (Phi) is 7.79. The smallest absolute Gasteiger partial charge is 0.273 e. The number of halogens is 2. The van der Waals surface area contributed by atoms with Crippen LogP contribution in [0.25, 0.3) is 0 Å². The molecule has 0 fully saturated rings. The van der Waals surface area contributed by atoms with E-state index in [1.54, 1.807) is 42.6 Å². The van der Waals surface area contributed by atoms with Crippen LogP contribution in [0, 0.1) is 17.3 Å². The molecular formula is C21H16I2N4O4. The summed E-state index contributed by atoms with van der Waals surface area (Å²) < 4.78 is 7.64. The van der Waals surface area contributed by atoms with Gasteiger partial charge in [-0.3, -0.25) is 14.9 Å². The number of nitrogens with two attached hydrogens (primary N) is 1. The van der Waals surface area contributed by atoms with Crippen molar-refractivity contribution < 1.29 is 14.5 Å². The topological polar surface area (TPSA) is 120 Å². The SMILES string of the molecule is Nc1ccccc1C(=O)N/N=C/c1cc(I)c(OCc2ccc([N+](=O)[O-])cc2)c(I)c1. The lowest BCUT2D eigenvalue weighted by molar-refractivity contribution is -0.384.